The molecule has 0 aromatic carbocycles. The molecular weight excluding hydrogens is 262 g/mol. The number of rotatable bonds is 4. The SMILES string of the molecule is CCC(C)C(Br)c1nc(C)c(C=O)s1. The van der Waals surface area contributed by atoms with E-state index in [4.69, 9.17) is 0 Å². The predicted molar refractivity (Wildman–Crippen MR) is 63.4 cm³/mol. The zero-order valence-electron chi connectivity index (χ0n) is 8.58. The second kappa shape index (κ2) is 5.03. The predicted octanol–water partition coefficient (Wildman–Crippen LogP) is 3.75. The van der Waals surface area contributed by atoms with Gasteiger partial charge in [0.25, 0.3) is 0 Å². The molecule has 78 valence electrons. The number of carbonyl (C=O) groups is 1. The molecule has 0 bridgehead atoms. The minimum absolute atomic E-state index is 0.268. The average Bonchev–Trinajstić information content (AvgIpc) is 2.57. The zero-order valence-corrected chi connectivity index (χ0v) is 11.0. The van der Waals surface area contributed by atoms with Gasteiger partial charge in [-0.15, -0.1) is 11.3 Å². The van der Waals surface area contributed by atoms with E-state index in [1.54, 1.807) is 0 Å². The van der Waals surface area contributed by atoms with Crippen LogP contribution in [0.2, 0.25) is 0 Å². The van der Waals surface area contributed by atoms with Crippen LogP contribution >= 0.6 is 27.3 Å². The maximum Gasteiger partial charge on any atom is 0.161 e. The average molecular weight is 276 g/mol. The van der Waals surface area contributed by atoms with Crippen LogP contribution in [0.4, 0.5) is 0 Å². The van der Waals surface area contributed by atoms with Crippen LogP contribution in [0.15, 0.2) is 0 Å². The molecule has 0 radical (unpaired) electrons. The molecule has 0 N–H and O–H groups in total. The van der Waals surface area contributed by atoms with E-state index in [2.05, 4.69) is 34.8 Å². The number of hydrogen-bond acceptors (Lipinski definition) is 3. The molecule has 0 saturated heterocycles. The van der Waals surface area contributed by atoms with E-state index in [0.29, 0.717) is 5.92 Å². The third kappa shape index (κ3) is 2.42. The first-order valence-electron chi connectivity index (χ1n) is 4.66. The minimum atomic E-state index is 0.268. The Kier molecular flexibility index (Phi) is 4.26. The van der Waals surface area contributed by atoms with E-state index in [-0.39, 0.29) is 4.83 Å². The lowest BCUT2D eigenvalue weighted by molar-refractivity contribution is 0.112. The Bertz CT molecular complexity index is 324. The van der Waals surface area contributed by atoms with Crippen LogP contribution in [-0.4, -0.2) is 11.3 Å². The molecule has 1 aromatic rings. The van der Waals surface area contributed by atoms with Gasteiger partial charge in [0.2, 0.25) is 0 Å². The highest BCUT2D eigenvalue weighted by atomic mass is 79.9. The minimum Gasteiger partial charge on any atom is -0.297 e. The summed E-state index contributed by atoms with van der Waals surface area (Å²) in [6.07, 6.45) is 1.98. The van der Waals surface area contributed by atoms with Crippen LogP contribution in [0.1, 0.15) is 45.5 Å². The number of nitrogens with zero attached hydrogens (tertiary/aromatic N) is 1. The van der Waals surface area contributed by atoms with E-state index >= 15 is 0 Å². The van der Waals surface area contributed by atoms with Gasteiger partial charge in [-0.05, 0) is 12.8 Å². The van der Waals surface area contributed by atoms with Crippen LogP contribution in [0, 0.1) is 12.8 Å². The molecule has 1 aromatic heterocycles. The lowest BCUT2D eigenvalue weighted by Crippen LogP contribution is -2.01. The quantitative estimate of drug-likeness (QED) is 0.619. The molecule has 0 aliphatic carbocycles. The number of alkyl halides is 1. The van der Waals surface area contributed by atoms with Gasteiger partial charge in [-0.2, -0.15) is 0 Å². The second-order valence-corrected chi connectivity index (χ2v) is 5.46. The van der Waals surface area contributed by atoms with Gasteiger partial charge < -0.3 is 0 Å². The maximum absolute atomic E-state index is 10.7. The zero-order chi connectivity index (χ0) is 10.7. The number of hydrogen-bond donors (Lipinski definition) is 0. The lowest BCUT2D eigenvalue weighted by Gasteiger charge is -2.13. The Balaban J connectivity index is 2.90. The first-order chi connectivity index (χ1) is 6.60. The topological polar surface area (TPSA) is 30.0 Å². The Hall–Kier alpha value is -0.220. The molecule has 0 saturated carbocycles. The van der Waals surface area contributed by atoms with Crippen LogP contribution in [0.25, 0.3) is 0 Å². The van der Waals surface area contributed by atoms with Crippen LogP contribution < -0.4 is 0 Å². The fourth-order valence-electron chi connectivity index (χ4n) is 1.11. The van der Waals surface area contributed by atoms with E-state index < -0.39 is 0 Å². The molecule has 2 unspecified atom stereocenters. The van der Waals surface area contributed by atoms with E-state index in [0.717, 1.165) is 28.3 Å². The molecule has 14 heavy (non-hydrogen) atoms. The number of thiazole rings is 1. The molecule has 0 aliphatic rings. The molecule has 4 heteroatoms. The third-order valence-electron chi connectivity index (χ3n) is 2.34. The smallest absolute Gasteiger partial charge is 0.161 e. The summed E-state index contributed by atoms with van der Waals surface area (Å²) in [5, 5.41) is 1.01. The largest absolute Gasteiger partial charge is 0.297 e. The molecule has 2 nitrogen and oxygen atoms in total. The number of aromatic nitrogens is 1. The Morgan fingerprint density at radius 3 is 2.71 bits per heavy atom. The maximum atomic E-state index is 10.7. The summed E-state index contributed by atoms with van der Waals surface area (Å²) < 4.78 is 0. The van der Waals surface area contributed by atoms with Gasteiger partial charge in [0.1, 0.15) is 5.01 Å². The van der Waals surface area contributed by atoms with Gasteiger partial charge in [-0.1, -0.05) is 36.2 Å². The van der Waals surface area contributed by atoms with Gasteiger partial charge in [0.15, 0.2) is 6.29 Å². The van der Waals surface area contributed by atoms with Crippen LogP contribution in [0.5, 0.6) is 0 Å². The summed E-state index contributed by atoms with van der Waals surface area (Å²) >= 11 is 5.11. The van der Waals surface area contributed by atoms with Crippen molar-refractivity contribution in [2.75, 3.05) is 0 Å². The van der Waals surface area contributed by atoms with Gasteiger partial charge >= 0.3 is 0 Å². The molecular formula is C10H14BrNOS. The fraction of sp³-hybridized carbons (Fsp3) is 0.600. The fourth-order valence-corrected chi connectivity index (χ4v) is 2.86. The molecule has 2 atom stereocenters. The molecule has 0 spiro atoms. The van der Waals surface area contributed by atoms with Crippen molar-refractivity contribution >= 4 is 33.6 Å². The highest BCUT2D eigenvalue weighted by Crippen LogP contribution is 2.35. The summed E-state index contributed by atoms with van der Waals surface area (Å²) in [7, 11) is 0. The van der Waals surface area contributed by atoms with Crippen molar-refractivity contribution in [3.05, 3.63) is 15.6 Å². The normalized spacial score (nSPS) is 15.1. The van der Waals surface area contributed by atoms with Gasteiger partial charge in [0.05, 0.1) is 15.4 Å². The van der Waals surface area contributed by atoms with Crippen LogP contribution in [0.3, 0.4) is 0 Å². The number of aryl methyl sites for hydroxylation is 1. The van der Waals surface area contributed by atoms with Crippen LogP contribution in [-0.2, 0) is 0 Å². The van der Waals surface area contributed by atoms with Gasteiger partial charge in [-0.3, -0.25) is 4.79 Å². The standard InChI is InChI=1S/C10H14BrNOS/c1-4-6(2)9(11)10-12-7(3)8(5-13)14-10/h5-6,9H,4H2,1-3H3. The summed E-state index contributed by atoms with van der Waals surface area (Å²) in [5.74, 6) is 0.542. The molecule has 0 aliphatic heterocycles. The third-order valence-corrected chi connectivity index (χ3v) is 5.14. The van der Waals surface area contributed by atoms with Gasteiger partial charge in [0, 0.05) is 0 Å². The van der Waals surface area contributed by atoms with Crippen molar-refractivity contribution in [2.24, 2.45) is 5.92 Å². The first-order valence-corrected chi connectivity index (χ1v) is 6.39. The van der Waals surface area contributed by atoms with Crippen molar-refractivity contribution < 1.29 is 4.79 Å². The molecule has 0 amide bonds. The van der Waals surface area contributed by atoms with Crippen molar-refractivity contribution in [1.29, 1.82) is 0 Å². The molecule has 0 fully saturated rings. The highest BCUT2D eigenvalue weighted by molar-refractivity contribution is 9.09. The Morgan fingerprint density at radius 1 is 1.64 bits per heavy atom. The first kappa shape index (κ1) is 11.9. The highest BCUT2D eigenvalue weighted by Gasteiger charge is 2.19. The summed E-state index contributed by atoms with van der Waals surface area (Å²) in [6.45, 7) is 6.21. The summed E-state index contributed by atoms with van der Waals surface area (Å²) in [5.41, 5.74) is 0.841. The second-order valence-electron chi connectivity index (χ2n) is 3.41. The van der Waals surface area contributed by atoms with Crippen molar-refractivity contribution in [2.45, 2.75) is 32.0 Å². The Labute approximate surface area is 96.9 Å². The van der Waals surface area contributed by atoms with Crippen molar-refractivity contribution in [3.8, 4) is 0 Å². The lowest BCUT2D eigenvalue weighted by atomic mass is 10.1. The number of carbonyl (C=O) groups excluding carboxylic acids is 1. The van der Waals surface area contributed by atoms with E-state index in [1.807, 2.05) is 6.92 Å². The van der Waals surface area contributed by atoms with Gasteiger partial charge in [-0.25, -0.2) is 4.98 Å². The Morgan fingerprint density at radius 2 is 2.29 bits per heavy atom. The number of aldehydes is 1. The molecule has 1 rings (SSSR count). The molecule has 1 heterocycles. The monoisotopic (exact) mass is 275 g/mol. The number of halogens is 1. The van der Waals surface area contributed by atoms with Crippen molar-refractivity contribution in [1.82, 2.24) is 4.98 Å². The van der Waals surface area contributed by atoms with E-state index in [9.17, 15) is 4.79 Å². The summed E-state index contributed by atoms with van der Waals surface area (Å²) in [6, 6.07) is 0. The van der Waals surface area contributed by atoms with Crippen molar-refractivity contribution in [3.63, 3.8) is 0 Å². The van der Waals surface area contributed by atoms with E-state index in [1.165, 1.54) is 11.3 Å². The summed E-state index contributed by atoms with van der Waals surface area (Å²) in [4.78, 5) is 16.1.